The topological polar surface area (TPSA) is 41.1 Å². The van der Waals surface area contributed by atoms with Crippen molar-refractivity contribution in [3.63, 3.8) is 0 Å². The average molecular weight is 238 g/mol. The van der Waals surface area contributed by atoms with Crippen molar-refractivity contribution in [2.24, 2.45) is 5.41 Å². The molecule has 2 saturated carbocycles. The molecule has 2 rings (SSSR count). The van der Waals surface area contributed by atoms with Crippen LogP contribution in [-0.2, 0) is 4.79 Å². The predicted molar refractivity (Wildman–Crippen MR) is 69.8 cm³/mol. The Balaban J connectivity index is 1.56. The summed E-state index contributed by atoms with van der Waals surface area (Å²) in [5, 5.41) is 6.51. The zero-order valence-corrected chi connectivity index (χ0v) is 11.1. The van der Waals surface area contributed by atoms with Gasteiger partial charge in [-0.25, -0.2) is 0 Å². The summed E-state index contributed by atoms with van der Waals surface area (Å²) in [7, 11) is 0. The second-order valence-corrected chi connectivity index (χ2v) is 5.83. The van der Waals surface area contributed by atoms with Crippen LogP contribution in [0.3, 0.4) is 0 Å². The summed E-state index contributed by atoms with van der Waals surface area (Å²) < 4.78 is 0. The molecule has 0 saturated heterocycles. The lowest BCUT2D eigenvalue weighted by Crippen LogP contribution is -2.35. The van der Waals surface area contributed by atoms with Gasteiger partial charge >= 0.3 is 0 Å². The Kier molecular flexibility index (Phi) is 4.43. The van der Waals surface area contributed by atoms with Gasteiger partial charge in [-0.05, 0) is 37.5 Å². The van der Waals surface area contributed by atoms with E-state index >= 15 is 0 Å². The summed E-state index contributed by atoms with van der Waals surface area (Å²) in [4.78, 5) is 11.5. The van der Waals surface area contributed by atoms with Crippen LogP contribution >= 0.6 is 0 Å². The third-order valence-corrected chi connectivity index (χ3v) is 4.39. The van der Waals surface area contributed by atoms with Crippen molar-refractivity contribution < 1.29 is 4.79 Å². The molecule has 0 radical (unpaired) electrons. The van der Waals surface area contributed by atoms with Gasteiger partial charge in [-0.2, -0.15) is 0 Å². The molecule has 3 nitrogen and oxygen atoms in total. The third-order valence-electron chi connectivity index (χ3n) is 4.39. The van der Waals surface area contributed by atoms with Crippen molar-refractivity contribution in [3.05, 3.63) is 0 Å². The van der Waals surface area contributed by atoms with Gasteiger partial charge in [0.05, 0.1) is 0 Å². The van der Waals surface area contributed by atoms with E-state index in [1.54, 1.807) is 0 Å². The Morgan fingerprint density at radius 1 is 1.29 bits per heavy atom. The molecule has 2 aliphatic rings. The van der Waals surface area contributed by atoms with Crippen molar-refractivity contribution >= 4 is 5.91 Å². The van der Waals surface area contributed by atoms with Crippen LogP contribution < -0.4 is 10.6 Å². The van der Waals surface area contributed by atoms with Gasteiger partial charge in [-0.1, -0.05) is 19.8 Å². The van der Waals surface area contributed by atoms with Crippen molar-refractivity contribution in [1.82, 2.24) is 10.6 Å². The highest BCUT2D eigenvalue weighted by Crippen LogP contribution is 2.40. The van der Waals surface area contributed by atoms with Crippen molar-refractivity contribution in [2.75, 3.05) is 13.1 Å². The van der Waals surface area contributed by atoms with E-state index in [0.29, 0.717) is 17.9 Å². The molecule has 1 amide bonds. The van der Waals surface area contributed by atoms with Gasteiger partial charge in [0.25, 0.3) is 0 Å². The third kappa shape index (κ3) is 3.98. The second-order valence-electron chi connectivity index (χ2n) is 5.83. The Bertz CT molecular complexity index is 255. The van der Waals surface area contributed by atoms with E-state index in [0.717, 1.165) is 13.1 Å². The molecule has 3 heteroatoms. The molecule has 98 valence electrons. The van der Waals surface area contributed by atoms with Gasteiger partial charge in [-0.3, -0.25) is 4.79 Å². The number of carbonyl (C=O) groups excluding carboxylic acids is 1. The first kappa shape index (κ1) is 12.9. The van der Waals surface area contributed by atoms with Gasteiger partial charge in [0.2, 0.25) is 5.91 Å². The normalized spacial score (nSPS) is 22.6. The first-order valence-corrected chi connectivity index (χ1v) is 7.24. The van der Waals surface area contributed by atoms with Gasteiger partial charge in [-0.15, -0.1) is 0 Å². The highest BCUT2D eigenvalue weighted by molar-refractivity contribution is 5.76. The molecular weight excluding hydrogens is 212 g/mol. The summed E-state index contributed by atoms with van der Waals surface area (Å²) in [5.41, 5.74) is 0.535. The lowest BCUT2D eigenvalue weighted by molar-refractivity contribution is -0.121. The van der Waals surface area contributed by atoms with E-state index in [9.17, 15) is 4.79 Å². The molecule has 0 spiro atoms. The van der Waals surface area contributed by atoms with Crippen LogP contribution in [0.1, 0.15) is 58.3 Å². The standard InChI is InChI=1S/C14H26N2O/c1-2-14(8-3-4-9-14)11-15-10-7-13(17)16-12-5-6-12/h12,15H,2-11H2,1H3,(H,16,17). The first-order chi connectivity index (χ1) is 8.24. The molecule has 0 bridgehead atoms. The lowest BCUT2D eigenvalue weighted by atomic mass is 9.83. The molecule has 2 fully saturated rings. The van der Waals surface area contributed by atoms with Crippen molar-refractivity contribution in [2.45, 2.75) is 64.3 Å². The molecular formula is C14H26N2O. The number of carbonyl (C=O) groups is 1. The molecule has 0 aliphatic heterocycles. The fourth-order valence-electron chi connectivity index (χ4n) is 2.86. The van der Waals surface area contributed by atoms with Gasteiger partial charge < -0.3 is 10.6 Å². The Hall–Kier alpha value is -0.570. The monoisotopic (exact) mass is 238 g/mol. The molecule has 0 aromatic rings. The van der Waals surface area contributed by atoms with Crippen LogP contribution in [0.5, 0.6) is 0 Å². The highest BCUT2D eigenvalue weighted by Gasteiger charge is 2.31. The summed E-state index contributed by atoms with van der Waals surface area (Å²) in [6.07, 6.45) is 9.77. The van der Waals surface area contributed by atoms with E-state index < -0.39 is 0 Å². The fourth-order valence-corrected chi connectivity index (χ4v) is 2.86. The molecule has 0 aromatic carbocycles. The van der Waals surface area contributed by atoms with E-state index in [-0.39, 0.29) is 5.91 Å². The van der Waals surface area contributed by atoms with Crippen LogP contribution in [0.2, 0.25) is 0 Å². The SMILES string of the molecule is CCC1(CNCCC(=O)NC2CC2)CCCC1. The maximum Gasteiger partial charge on any atom is 0.221 e. The zero-order chi connectivity index (χ0) is 12.1. The van der Waals surface area contributed by atoms with E-state index in [4.69, 9.17) is 0 Å². The maximum absolute atomic E-state index is 11.5. The predicted octanol–water partition coefficient (Wildman–Crippen LogP) is 2.22. The number of hydrogen-bond acceptors (Lipinski definition) is 2. The fraction of sp³-hybridized carbons (Fsp3) is 0.929. The minimum Gasteiger partial charge on any atom is -0.353 e. The molecule has 17 heavy (non-hydrogen) atoms. The van der Waals surface area contributed by atoms with Crippen LogP contribution in [0.25, 0.3) is 0 Å². The number of amides is 1. The van der Waals surface area contributed by atoms with E-state index in [1.165, 1.54) is 44.9 Å². The van der Waals surface area contributed by atoms with Gasteiger partial charge in [0.15, 0.2) is 0 Å². The second kappa shape index (κ2) is 5.85. The molecule has 0 aromatic heterocycles. The highest BCUT2D eigenvalue weighted by atomic mass is 16.1. The lowest BCUT2D eigenvalue weighted by Gasteiger charge is -2.27. The van der Waals surface area contributed by atoms with Crippen LogP contribution in [0, 0.1) is 5.41 Å². The zero-order valence-electron chi connectivity index (χ0n) is 11.1. The minimum absolute atomic E-state index is 0.219. The van der Waals surface area contributed by atoms with E-state index in [1.807, 2.05) is 0 Å². The minimum atomic E-state index is 0.219. The maximum atomic E-state index is 11.5. The van der Waals surface area contributed by atoms with Gasteiger partial charge in [0.1, 0.15) is 0 Å². The van der Waals surface area contributed by atoms with Crippen LogP contribution in [-0.4, -0.2) is 25.0 Å². The summed E-state index contributed by atoms with van der Waals surface area (Å²) in [6, 6.07) is 0.499. The molecule has 2 aliphatic carbocycles. The first-order valence-electron chi connectivity index (χ1n) is 7.24. The summed E-state index contributed by atoms with van der Waals surface area (Å²) >= 11 is 0. The molecule has 0 heterocycles. The number of rotatable bonds is 7. The summed E-state index contributed by atoms with van der Waals surface area (Å²) in [5.74, 6) is 0.219. The molecule has 0 unspecified atom stereocenters. The van der Waals surface area contributed by atoms with Crippen molar-refractivity contribution in [1.29, 1.82) is 0 Å². The Morgan fingerprint density at radius 2 is 2.00 bits per heavy atom. The van der Waals surface area contributed by atoms with Crippen LogP contribution in [0.4, 0.5) is 0 Å². The summed E-state index contributed by atoms with van der Waals surface area (Å²) in [6.45, 7) is 4.23. The van der Waals surface area contributed by atoms with E-state index in [2.05, 4.69) is 17.6 Å². The van der Waals surface area contributed by atoms with Crippen molar-refractivity contribution in [3.8, 4) is 0 Å². The smallest absolute Gasteiger partial charge is 0.221 e. The number of hydrogen-bond donors (Lipinski definition) is 2. The van der Waals surface area contributed by atoms with Crippen LogP contribution in [0.15, 0.2) is 0 Å². The average Bonchev–Trinajstić information content (AvgIpc) is 3.01. The quantitative estimate of drug-likeness (QED) is 0.668. The molecule has 0 atom stereocenters. The Morgan fingerprint density at radius 3 is 2.59 bits per heavy atom. The number of nitrogens with one attached hydrogen (secondary N) is 2. The largest absolute Gasteiger partial charge is 0.353 e. The Labute approximate surface area is 105 Å². The van der Waals surface area contributed by atoms with Gasteiger partial charge in [0, 0.05) is 25.6 Å². The molecule has 2 N–H and O–H groups in total.